The zero-order valence-corrected chi connectivity index (χ0v) is 20.9. The summed E-state index contributed by atoms with van der Waals surface area (Å²) < 4.78 is 11.5. The molecule has 4 rings (SSSR count). The number of unbranched alkanes of at least 4 members (excludes halogenated alkanes) is 2. The first-order valence-electron chi connectivity index (χ1n) is 11.7. The van der Waals surface area contributed by atoms with Crippen molar-refractivity contribution < 1.29 is 24.5 Å². The van der Waals surface area contributed by atoms with Gasteiger partial charge in [0.25, 0.3) is 5.91 Å². The van der Waals surface area contributed by atoms with Gasteiger partial charge in [-0.2, -0.15) is 5.10 Å². The second-order valence-electron chi connectivity index (χ2n) is 8.57. The molecular weight excluding hydrogens is 470 g/mol. The Balaban J connectivity index is 1.79. The second kappa shape index (κ2) is 10.6. The molecule has 8 nitrogen and oxygen atoms in total. The topological polar surface area (TPSA) is 108 Å². The molecule has 0 bridgehead atoms. The Hall–Kier alpha value is -3.23. The molecule has 1 aromatic heterocycles. The molecule has 3 N–H and O–H groups in total. The summed E-state index contributed by atoms with van der Waals surface area (Å²) in [5.41, 5.74) is 3.27. The van der Waals surface area contributed by atoms with Crippen LogP contribution in [-0.4, -0.2) is 58.1 Å². The third kappa shape index (κ3) is 4.68. The van der Waals surface area contributed by atoms with Crippen LogP contribution in [0, 0.1) is 6.92 Å². The number of ether oxygens (including phenoxy) is 2. The van der Waals surface area contributed by atoms with Gasteiger partial charge in [0.1, 0.15) is 17.1 Å². The molecule has 186 valence electrons. The number of amides is 1. The fraction of sp³-hybridized carbons (Fsp3) is 0.385. The number of aliphatic hydroxyl groups is 1. The maximum Gasteiger partial charge on any atom is 0.273 e. The first-order valence-corrected chi connectivity index (χ1v) is 12.1. The SMILES string of the molecule is CCCCCOc1ccc(C2c3c(-c4cc(Cl)c(C)cc4O)n[nH]c3C(=O)N2CCO)cc1OC. The first kappa shape index (κ1) is 24.9. The summed E-state index contributed by atoms with van der Waals surface area (Å²) in [6.07, 6.45) is 3.14. The summed E-state index contributed by atoms with van der Waals surface area (Å²) in [6.45, 7) is 4.45. The highest BCUT2D eigenvalue weighted by atomic mass is 35.5. The number of aryl methyl sites for hydroxylation is 1. The molecule has 0 radical (unpaired) electrons. The number of hydrogen-bond acceptors (Lipinski definition) is 6. The highest BCUT2D eigenvalue weighted by Gasteiger charge is 2.42. The van der Waals surface area contributed by atoms with E-state index in [0.717, 1.165) is 30.4 Å². The van der Waals surface area contributed by atoms with E-state index < -0.39 is 6.04 Å². The van der Waals surface area contributed by atoms with Gasteiger partial charge in [-0.05, 0) is 48.7 Å². The first-order chi connectivity index (χ1) is 16.9. The van der Waals surface area contributed by atoms with Crippen LogP contribution in [0.2, 0.25) is 5.02 Å². The molecule has 3 aromatic rings. The molecular formula is C26H30ClN3O5. The Bertz CT molecular complexity index is 1230. The van der Waals surface area contributed by atoms with Crippen LogP contribution in [0.4, 0.5) is 0 Å². The minimum Gasteiger partial charge on any atom is -0.507 e. The zero-order valence-electron chi connectivity index (χ0n) is 20.1. The maximum atomic E-state index is 13.2. The standard InChI is InChI=1S/C26H30ClN3O5/c1-4-5-6-11-35-20-8-7-16(13-21(20)34-3)25-22-23(17-14-18(27)15(2)12-19(17)32)28-29-24(22)26(33)30(25)9-10-31/h7-8,12-14,25,31-32H,4-6,9-11H2,1-3H3,(H,28,29). The number of carbonyl (C=O) groups is 1. The number of β-amino-alcohol motifs (C(OH)–C–C–N with tert-alkyl or cyclic N) is 1. The summed E-state index contributed by atoms with van der Waals surface area (Å²) in [7, 11) is 1.57. The number of aromatic hydroxyl groups is 1. The molecule has 1 aliphatic heterocycles. The zero-order chi connectivity index (χ0) is 25.1. The molecule has 0 spiro atoms. The molecule has 2 heterocycles. The van der Waals surface area contributed by atoms with Gasteiger partial charge < -0.3 is 24.6 Å². The van der Waals surface area contributed by atoms with Crippen molar-refractivity contribution in [2.24, 2.45) is 0 Å². The van der Waals surface area contributed by atoms with E-state index in [2.05, 4.69) is 17.1 Å². The normalized spacial score (nSPS) is 14.9. The van der Waals surface area contributed by atoms with Crippen molar-refractivity contribution in [1.82, 2.24) is 15.1 Å². The fourth-order valence-corrected chi connectivity index (χ4v) is 4.61. The van der Waals surface area contributed by atoms with Crippen molar-refractivity contribution in [2.75, 3.05) is 26.9 Å². The minimum atomic E-state index is -0.555. The van der Waals surface area contributed by atoms with Gasteiger partial charge in [-0.25, -0.2) is 0 Å². The molecule has 1 aliphatic rings. The van der Waals surface area contributed by atoms with Gasteiger partial charge in [0.05, 0.1) is 26.4 Å². The van der Waals surface area contributed by atoms with E-state index in [-0.39, 0.29) is 24.8 Å². The number of aromatic nitrogens is 2. The number of H-pyrrole nitrogens is 1. The van der Waals surface area contributed by atoms with E-state index in [1.807, 2.05) is 18.2 Å². The lowest BCUT2D eigenvalue weighted by Crippen LogP contribution is -2.32. The Morgan fingerprint density at radius 2 is 2.00 bits per heavy atom. The van der Waals surface area contributed by atoms with Crippen LogP contribution < -0.4 is 9.47 Å². The number of nitrogens with zero attached hydrogens (tertiary/aromatic N) is 2. The lowest BCUT2D eigenvalue weighted by molar-refractivity contribution is 0.0706. The summed E-state index contributed by atoms with van der Waals surface area (Å²) in [5, 5.41) is 28.0. The molecule has 9 heteroatoms. The Labute approximate surface area is 209 Å². The van der Waals surface area contributed by atoms with Gasteiger partial charge in [0, 0.05) is 22.7 Å². The lowest BCUT2D eigenvalue weighted by atomic mass is 9.95. The average Bonchev–Trinajstić information content (AvgIpc) is 3.38. The number of phenols is 1. The number of rotatable bonds is 10. The summed E-state index contributed by atoms with van der Waals surface area (Å²) in [4.78, 5) is 14.8. The third-order valence-electron chi connectivity index (χ3n) is 6.25. The van der Waals surface area contributed by atoms with E-state index >= 15 is 0 Å². The molecule has 1 amide bonds. The van der Waals surface area contributed by atoms with E-state index in [0.29, 0.717) is 45.6 Å². The van der Waals surface area contributed by atoms with E-state index in [1.54, 1.807) is 31.1 Å². The van der Waals surface area contributed by atoms with Crippen molar-refractivity contribution in [3.05, 3.63) is 57.7 Å². The van der Waals surface area contributed by atoms with E-state index in [9.17, 15) is 15.0 Å². The third-order valence-corrected chi connectivity index (χ3v) is 6.65. The van der Waals surface area contributed by atoms with Crippen LogP contribution in [0.1, 0.15) is 59.4 Å². The number of carbonyl (C=O) groups excluding carboxylic acids is 1. The van der Waals surface area contributed by atoms with Gasteiger partial charge in [0.2, 0.25) is 0 Å². The van der Waals surface area contributed by atoms with Gasteiger partial charge >= 0.3 is 0 Å². The van der Waals surface area contributed by atoms with Gasteiger partial charge in [0.15, 0.2) is 11.5 Å². The molecule has 1 unspecified atom stereocenters. The van der Waals surface area contributed by atoms with Crippen LogP contribution in [0.5, 0.6) is 17.2 Å². The van der Waals surface area contributed by atoms with E-state index in [4.69, 9.17) is 21.1 Å². The van der Waals surface area contributed by atoms with Gasteiger partial charge in [-0.15, -0.1) is 0 Å². The highest BCUT2D eigenvalue weighted by Crippen LogP contribution is 2.46. The number of hydrogen-bond donors (Lipinski definition) is 3. The second-order valence-corrected chi connectivity index (χ2v) is 8.98. The molecule has 1 atom stereocenters. The number of benzene rings is 2. The van der Waals surface area contributed by atoms with Crippen molar-refractivity contribution in [3.63, 3.8) is 0 Å². The molecule has 0 aliphatic carbocycles. The summed E-state index contributed by atoms with van der Waals surface area (Å²) in [6, 6.07) is 8.22. The summed E-state index contributed by atoms with van der Waals surface area (Å²) >= 11 is 6.34. The van der Waals surface area contributed by atoms with Crippen LogP contribution in [-0.2, 0) is 0 Å². The highest BCUT2D eigenvalue weighted by molar-refractivity contribution is 6.31. The van der Waals surface area contributed by atoms with Crippen molar-refractivity contribution >= 4 is 17.5 Å². The van der Waals surface area contributed by atoms with Gasteiger partial charge in [-0.3, -0.25) is 9.89 Å². The maximum absolute atomic E-state index is 13.2. The average molecular weight is 500 g/mol. The molecule has 0 saturated heterocycles. The molecule has 2 aromatic carbocycles. The van der Waals surface area contributed by atoms with Crippen LogP contribution in [0.25, 0.3) is 11.3 Å². The summed E-state index contributed by atoms with van der Waals surface area (Å²) in [5.74, 6) is 0.909. The van der Waals surface area contributed by atoms with Gasteiger partial charge in [-0.1, -0.05) is 37.4 Å². The predicted octanol–water partition coefficient (Wildman–Crippen LogP) is 4.86. The minimum absolute atomic E-state index is 0.0152. The molecule has 0 fully saturated rings. The van der Waals surface area contributed by atoms with Crippen LogP contribution in [0.15, 0.2) is 30.3 Å². The number of fused-ring (bicyclic) bond motifs is 1. The van der Waals surface area contributed by atoms with E-state index in [1.165, 1.54) is 0 Å². The molecule has 0 saturated carbocycles. The van der Waals surface area contributed by atoms with Crippen molar-refractivity contribution in [1.29, 1.82) is 0 Å². The largest absolute Gasteiger partial charge is 0.507 e. The number of methoxy groups -OCH3 is 1. The predicted molar refractivity (Wildman–Crippen MR) is 133 cm³/mol. The van der Waals surface area contributed by atoms with Crippen molar-refractivity contribution in [3.8, 4) is 28.5 Å². The number of aliphatic hydroxyl groups excluding tert-OH is 1. The van der Waals surface area contributed by atoms with Crippen molar-refractivity contribution in [2.45, 2.75) is 39.2 Å². The lowest BCUT2D eigenvalue weighted by Gasteiger charge is -2.26. The Kier molecular flexibility index (Phi) is 7.52. The number of nitrogens with one attached hydrogen (secondary N) is 1. The van der Waals surface area contributed by atoms with Crippen LogP contribution >= 0.6 is 11.6 Å². The Morgan fingerprint density at radius 1 is 1.20 bits per heavy atom. The Morgan fingerprint density at radius 3 is 2.71 bits per heavy atom. The fourth-order valence-electron chi connectivity index (χ4n) is 4.45. The quantitative estimate of drug-likeness (QED) is 0.344. The number of aromatic amines is 1. The number of halogens is 1. The van der Waals surface area contributed by atoms with Crippen LogP contribution in [0.3, 0.4) is 0 Å². The smallest absolute Gasteiger partial charge is 0.273 e. The number of phenolic OH excluding ortho intramolecular Hbond substituents is 1. The molecule has 35 heavy (non-hydrogen) atoms. The monoisotopic (exact) mass is 499 g/mol.